The van der Waals surface area contributed by atoms with E-state index in [2.05, 4.69) is 5.32 Å². The fourth-order valence-electron chi connectivity index (χ4n) is 3.42. The summed E-state index contributed by atoms with van der Waals surface area (Å²) < 4.78 is 15.5. The summed E-state index contributed by atoms with van der Waals surface area (Å²) in [4.78, 5) is 23.9. The summed E-state index contributed by atoms with van der Waals surface area (Å²) in [5.41, 5.74) is 1.17. The van der Waals surface area contributed by atoms with Crippen LogP contribution in [-0.2, 0) is 16.0 Å². The highest BCUT2D eigenvalue weighted by molar-refractivity contribution is 5.97. The number of carbonyl (C=O) groups is 2. The van der Waals surface area contributed by atoms with E-state index < -0.39 is 11.9 Å². The Bertz CT molecular complexity index is 777. The fraction of sp³-hybridized carbons (Fsp3) is 0.429. The van der Waals surface area contributed by atoms with Crippen molar-refractivity contribution >= 4 is 24.3 Å². The molecular formula is C21H26ClNO5. The predicted octanol–water partition coefficient (Wildman–Crippen LogP) is 4.36. The third-order valence-electron chi connectivity index (χ3n) is 4.89. The van der Waals surface area contributed by atoms with E-state index in [0.29, 0.717) is 23.9 Å². The number of carbonyl (C=O) groups excluding carboxylic acids is 2. The van der Waals surface area contributed by atoms with E-state index in [0.717, 1.165) is 5.76 Å². The van der Waals surface area contributed by atoms with Crippen LogP contribution in [0.4, 0.5) is 0 Å². The first kappa shape index (κ1) is 22.0. The van der Waals surface area contributed by atoms with Gasteiger partial charge in [-0.25, -0.2) is 9.59 Å². The molecule has 0 radical (unpaired) electrons. The second-order valence-electron chi connectivity index (χ2n) is 6.76. The highest BCUT2D eigenvalue weighted by Gasteiger charge is 2.17. The maximum Gasteiger partial charge on any atom is 0.337 e. The molecule has 1 aliphatic carbocycles. The van der Waals surface area contributed by atoms with Crippen LogP contribution in [-0.4, -0.2) is 32.2 Å². The van der Waals surface area contributed by atoms with E-state index in [1.807, 2.05) is 12.1 Å². The molecule has 0 spiro atoms. The summed E-state index contributed by atoms with van der Waals surface area (Å²) >= 11 is 0. The molecule has 2 aromatic rings. The van der Waals surface area contributed by atoms with Gasteiger partial charge in [0, 0.05) is 11.6 Å². The van der Waals surface area contributed by atoms with Crippen molar-refractivity contribution in [3.8, 4) is 11.3 Å². The van der Waals surface area contributed by atoms with Crippen LogP contribution >= 0.6 is 12.4 Å². The van der Waals surface area contributed by atoms with Crippen LogP contribution in [0.15, 0.2) is 34.7 Å². The highest BCUT2D eigenvalue weighted by Crippen LogP contribution is 2.26. The van der Waals surface area contributed by atoms with Crippen molar-refractivity contribution in [1.82, 2.24) is 5.32 Å². The molecule has 0 unspecified atom stereocenters. The minimum Gasteiger partial charge on any atom is -0.465 e. The highest BCUT2D eigenvalue weighted by atomic mass is 35.5. The van der Waals surface area contributed by atoms with Gasteiger partial charge in [0.1, 0.15) is 11.5 Å². The molecule has 0 atom stereocenters. The zero-order valence-corrected chi connectivity index (χ0v) is 17.0. The molecular weight excluding hydrogens is 382 g/mol. The van der Waals surface area contributed by atoms with E-state index in [-0.39, 0.29) is 23.5 Å². The monoisotopic (exact) mass is 407 g/mol. The van der Waals surface area contributed by atoms with Gasteiger partial charge in [-0.3, -0.25) is 0 Å². The Hall–Kier alpha value is -2.31. The lowest BCUT2D eigenvalue weighted by Gasteiger charge is -2.22. The summed E-state index contributed by atoms with van der Waals surface area (Å²) in [7, 11) is 2.60. The molecule has 152 valence electrons. The van der Waals surface area contributed by atoms with E-state index in [4.69, 9.17) is 13.9 Å². The molecule has 0 amide bonds. The number of hydrogen-bond donors (Lipinski definition) is 1. The number of methoxy groups -OCH3 is 2. The van der Waals surface area contributed by atoms with E-state index in [1.165, 1.54) is 52.4 Å². The molecule has 1 N–H and O–H groups in total. The Morgan fingerprint density at radius 1 is 1.00 bits per heavy atom. The van der Waals surface area contributed by atoms with E-state index in [9.17, 15) is 9.59 Å². The van der Waals surface area contributed by atoms with Gasteiger partial charge in [-0.2, -0.15) is 0 Å². The number of furan rings is 1. The molecule has 28 heavy (non-hydrogen) atoms. The van der Waals surface area contributed by atoms with Gasteiger partial charge < -0.3 is 19.2 Å². The van der Waals surface area contributed by atoms with Gasteiger partial charge in [-0.15, -0.1) is 12.4 Å². The van der Waals surface area contributed by atoms with Crippen molar-refractivity contribution in [3.05, 3.63) is 47.2 Å². The minimum atomic E-state index is -0.521. The van der Waals surface area contributed by atoms with Crippen molar-refractivity contribution in [3.63, 3.8) is 0 Å². The maximum atomic E-state index is 11.9. The standard InChI is InChI=1S/C21H25NO5.ClH/c1-25-20(23)15-10-14(11-16(12-15)21(24)26-2)19-9-8-18(27-19)13-22-17-6-4-3-5-7-17;/h8-12,17,22H,3-7,13H2,1-2H3;1H. The molecule has 1 heterocycles. The van der Waals surface area contributed by atoms with Crippen LogP contribution in [0.3, 0.4) is 0 Å². The van der Waals surface area contributed by atoms with Crippen molar-refractivity contribution < 1.29 is 23.5 Å². The third-order valence-corrected chi connectivity index (χ3v) is 4.89. The Balaban J connectivity index is 0.00000280. The summed E-state index contributed by atoms with van der Waals surface area (Å²) in [6, 6.07) is 9.05. The topological polar surface area (TPSA) is 77.8 Å². The Morgan fingerprint density at radius 3 is 2.18 bits per heavy atom. The number of esters is 2. The van der Waals surface area contributed by atoms with Gasteiger partial charge in [-0.05, 0) is 43.2 Å². The van der Waals surface area contributed by atoms with Crippen LogP contribution < -0.4 is 5.32 Å². The van der Waals surface area contributed by atoms with E-state index in [1.54, 1.807) is 12.1 Å². The normalized spacial score (nSPS) is 14.2. The van der Waals surface area contributed by atoms with Gasteiger partial charge in [0.15, 0.2) is 0 Å². The zero-order valence-electron chi connectivity index (χ0n) is 16.2. The molecule has 0 bridgehead atoms. The quantitative estimate of drug-likeness (QED) is 0.716. The first-order valence-corrected chi connectivity index (χ1v) is 9.25. The van der Waals surface area contributed by atoms with Crippen LogP contribution in [0.1, 0.15) is 58.6 Å². The molecule has 1 fully saturated rings. The van der Waals surface area contributed by atoms with Gasteiger partial charge in [0.25, 0.3) is 0 Å². The number of rotatable bonds is 6. The van der Waals surface area contributed by atoms with Crippen LogP contribution in [0, 0.1) is 0 Å². The van der Waals surface area contributed by atoms with Crippen LogP contribution in [0.2, 0.25) is 0 Å². The summed E-state index contributed by atoms with van der Waals surface area (Å²) in [6.45, 7) is 0.658. The lowest BCUT2D eigenvalue weighted by atomic mass is 9.95. The molecule has 0 saturated heterocycles. The summed E-state index contributed by atoms with van der Waals surface area (Å²) in [5.74, 6) is 0.366. The van der Waals surface area contributed by atoms with Crippen LogP contribution in [0.25, 0.3) is 11.3 Å². The zero-order chi connectivity index (χ0) is 19.2. The third kappa shape index (κ3) is 5.36. The Kier molecular flexibility index (Phi) is 8.08. The number of nitrogens with one attached hydrogen (secondary N) is 1. The minimum absolute atomic E-state index is 0. The number of hydrogen-bond acceptors (Lipinski definition) is 6. The lowest BCUT2D eigenvalue weighted by molar-refractivity contribution is 0.0599. The predicted molar refractivity (Wildman–Crippen MR) is 108 cm³/mol. The molecule has 3 rings (SSSR count). The van der Waals surface area contributed by atoms with E-state index >= 15 is 0 Å². The average Bonchev–Trinajstić information content (AvgIpc) is 3.20. The molecule has 1 aliphatic rings. The summed E-state index contributed by atoms with van der Waals surface area (Å²) in [6.07, 6.45) is 6.28. The first-order valence-electron chi connectivity index (χ1n) is 9.25. The molecule has 1 saturated carbocycles. The first-order chi connectivity index (χ1) is 13.1. The van der Waals surface area contributed by atoms with Gasteiger partial charge in [0.2, 0.25) is 0 Å². The SMILES string of the molecule is COC(=O)c1cc(C(=O)OC)cc(-c2ccc(CNC3CCCCC3)o2)c1.Cl. The van der Waals surface area contributed by atoms with Gasteiger partial charge in [0.05, 0.1) is 31.9 Å². The number of halogens is 1. The van der Waals surface area contributed by atoms with Gasteiger partial charge in [-0.1, -0.05) is 19.3 Å². The molecule has 1 aromatic carbocycles. The fourth-order valence-corrected chi connectivity index (χ4v) is 3.42. The Labute approximate surface area is 171 Å². The number of ether oxygens (including phenoxy) is 2. The second kappa shape index (κ2) is 10.3. The maximum absolute atomic E-state index is 11.9. The second-order valence-corrected chi connectivity index (χ2v) is 6.76. The largest absolute Gasteiger partial charge is 0.465 e. The molecule has 6 nitrogen and oxygen atoms in total. The summed E-state index contributed by atoms with van der Waals surface area (Å²) in [5, 5.41) is 3.54. The molecule has 0 aliphatic heterocycles. The van der Waals surface area contributed by atoms with Gasteiger partial charge >= 0.3 is 11.9 Å². The molecule has 1 aromatic heterocycles. The smallest absolute Gasteiger partial charge is 0.337 e. The van der Waals surface area contributed by atoms with Crippen molar-refractivity contribution in [2.45, 2.75) is 44.7 Å². The number of benzene rings is 1. The lowest BCUT2D eigenvalue weighted by Crippen LogP contribution is -2.30. The molecule has 7 heteroatoms. The van der Waals surface area contributed by atoms with Crippen LogP contribution in [0.5, 0.6) is 0 Å². The van der Waals surface area contributed by atoms with Crippen molar-refractivity contribution in [2.24, 2.45) is 0 Å². The van der Waals surface area contributed by atoms with Crippen molar-refractivity contribution in [1.29, 1.82) is 0 Å². The van der Waals surface area contributed by atoms with Crippen molar-refractivity contribution in [2.75, 3.05) is 14.2 Å². The average molecular weight is 408 g/mol. The Morgan fingerprint density at radius 2 is 1.61 bits per heavy atom.